The Morgan fingerprint density at radius 2 is 2.40 bits per heavy atom. The molecule has 0 heterocycles. The van der Waals surface area contributed by atoms with Gasteiger partial charge in [0, 0.05) is 18.4 Å². The van der Waals surface area contributed by atoms with Gasteiger partial charge in [0.25, 0.3) is 0 Å². The predicted octanol–water partition coefficient (Wildman–Crippen LogP) is -1.02. The molecular weight excluding hydrogens is 109 g/mol. The summed E-state index contributed by atoms with van der Waals surface area (Å²) in [6.07, 6.45) is -0.801. The fourth-order valence-electron chi connectivity index (χ4n) is 0. The summed E-state index contributed by atoms with van der Waals surface area (Å²) in [6, 6.07) is 0. The first-order valence-electron chi connectivity index (χ1n) is 1.37. The average molecular weight is 114 g/mol. The van der Waals surface area contributed by atoms with Crippen molar-refractivity contribution >= 4 is 6.19 Å². The molecule has 0 aromatic heterocycles. The van der Waals surface area contributed by atoms with Crippen molar-refractivity contribution < 1.29 is 23.5 Å². The van der Waals surface area contributed by atoms with Crippen LogP contribution in [0, 0.1) is 0 Å². The molecule has 31 valence electrons. The molecule has 0 bridgehead atoms. The number of hydrogen-bond acceptors (Lipinski definition) is 1. The Morgan fingerprint density at radius 3 is 2.40 bits per heavy atom. The van der Waals surface area contributed by atoms with Gasteiger partial charge in [-0.2, -0.15) is 0 Å². The average Bonchev–Trinajstić information content (AvgIpc) is 1.38. The smallest absolute Gasteiger partial charge is 0.0287 e. The number of hydrogen-bond donors (Lipinski definition) is 0. The van der Waals surface area contributed by atoms with Gasteiger partial charge in [0.05, 0.1) is 0 Å². The van der Waals surface area contributed by atoms with Crippen LogP contribution in [-0.2, 0) is 17.1 Å². The van der Waals surface area contributed by atoms with Crippen molar-refractivity contribution in [1.82, 2.24) is 0 Å². The first-order chi connectivity index (χ1) is 2.27. The van der Waals surface area contributed by atoms with Crippen LogP contribution in [0.1, 0.15) is 1.37 Å². The van der Waals surface area contributed by atoms with E-state index in [0.29, 0.717) is 0 Å². The van der Waals surface area contributed by atoms with E-state index in [1.54, 1.807) is 0 Å². The van der Waals surface area contributed by atoms with Crippen LogP contribution in [0.5, 0.6) is 0 Å². The van der Waals surface area contributed by atoms with Crippen molar-refractivity contribution in [2.75, 3.05) is 6.61 Å². The van der Waals surface area contributed by atoms with Gasteiger partial charge < -0.3 is 10.5 Å². The topological polar surface area (TPSA) is 45.4 Å². The van der Waals surface area contributed by atoms with Crippen LogP contribution in [-0.4, -0.2) is 12.8 Å². The Kier molecular flexibility index (Phi) is 9.17. The molecule has 0 saturated heterocycles. The van der Waals surface area contributed by atoms with Crippen molar-refractivity contribution in [3.63, 3.8) is 0 Å². The van der Waals surface area contributed by atoms with Crippen LogP contribution < -0.4 is 5.11 Å². The summed E-state index contributed by atoms with van der Waals surface area (Å²) in [5.41, 5.74) is 0. The van der Waals surface area contributed by atoms with Gasteiger partial charge in [0.2, 0.25) is 0 Å². The Hall–Kier alpha value is 0.149. The van der Waals surface area contributed by atoms with E-state index in [4.69, 9.17) is 11.9 Å². The fourth-order valence-corrected chi connectivity index (χ4v) is 0. The molecule has 1 radical (unpaired) electrons. The third-order valence-corrected chi connectivity index (χ3v) is 0.0645. The van der Waals surface area contributed by atoms with Crippen LogP contribution in [0.15, 0.2) is 0 Å². The van der Waals surface area contributed by atoms with E-state index in [0.717, 1.165) is 0 Å². The molecule has 0 atom stereocenters. The van der Waals surface area contributed by atoms with Crippen LogP contribution in [0.2, 0.25) is 0 Å². The molecule has 0 saturated carbocycles. The zero-order valence-electron chi connectivity index (χ0n) is 3.44. The van der Waals surface area contributed by atoms with Crippen LogP contribution in [0.4, 0.5) is 0 Å². The van der Waals surface area contributed by atoms with E-state index < -0.39 is 12.8 Å². The molecule has 0 unspecified atom stereocenters. The molecule has 0 aliphatic heterocycles. The van der Waals surface area contributed by atoms with Crippen molar-refractivity contribution in [3.8, 4) is 0 Å². The maximum absolute atomic E-state index is 9.16. The first kappa shape index (κ1) is 5.15. The van der Waals surface area contributed by atoms with E-state index in [1.165, 1.54) is 0 Å². The Bertz CT molecular complexity index is 48.8. The summed E-state index contributed by atoms with van der Waals surface area (Å²) < 4.78 is 5.99. The van der Waals surface area contributed by atoms with Gasteiger partial charge in [0.15, 0.2) is 0 Å². The van der Waals surface area contributed by atoms with E-state index in [2.05, 4.69) is 0 Å². The van der Waals surface area contributed by atoms with Gasteiger partial charge in [-0.25, -0.2) is 6.19 Å². The third-order valence-electron chi connectivity index (χ3n) is 0.0645. The van der Waals surface area contributed by atoms with Gasteiger partial charge >= 0.3 is 0 Å². The van der Waals surface area contributed by atoms with Crippen molar-refractivity contribution in [2.45, 2.75) is 0 Å². The van der Waals surface area contributed by atoms with E-state index in [9.17, 15) is 0 Å². The number of nitrogens with zero attached hydrogens (tertiary/aromatic N) is 1. The van der Waals surface area contributed by atoms with Crippen molar-refractivity contribution in [1.29, 1.82) is 0 Å². The van der Waals surface area contributed by atoms with E-state index in [1.807, 2.05) is 0 Å². The molecule has 0 amide bonds. The summed E-state index contributed by atoms with van der Waals surface area (Å²) in [5, 5.41) is 16.8. The summed E-state index contributed by atoms with van der Waals surface area (Å²) in [6.45, 7) is -0.806. The maximum atomic E-state index is 9.16. The zero-order valence-corrected chi connectivity index (χ0v) is 3.62. The minimum absolute atomic E-state index is 0. The maximum Gasteiger partial charge on any atom is 0.0287 e. The van der Waals surface area contributed by atoms with Gasteiger partial charge in [-0.05, 0) is 0 Å². The van der Waals surface area contributed by atoms with Gasteiger partial charge in [0.1, 0.15) is 0 Å². The predicted molar refractivity (Wildman–Crippen MR) is 14.3 cm³/mol. The Balaban J connectivity index is 0. The summed E-state index contributed by atoms with van der Waals surface area (Å²) in [4.78, 5) is 0. The second-order valence-electron chi connectivity index (χ2n) is 0.302. The Morgan fingerprint density at radius 1 is 2.20 bits per heavy atom. The molecule has 0 N–H and O–H groups in total. The van der Waals surface area contributed by atoms with E-state index in [-0.39, 0.29) is 17.1 Å². The molecule has 0 fully saturated rings. The second kappa shape index (κ2) is 8.91. The molecule has 0 aliphatic rings. The summed E-state index contributed by atoms with van der Waals surface area (Å²) >= 11 is 0. The van der Waals surface area contributed by atoms with Crippen molar-refractivity contribution in [2.24, 2.45) is 0 Å². The zero-order chi connectivity index (χ0) is 4.28. The monoisotopic (exact) mass is 114 g/mol. The van der Waals surface area contributed by atoms with Crippen LogP contribution in [0.3, 0.4) is 0 Å². The van der Waals surface area contributed by atoms with Gasteiger partial charge in [-0.1, -0.05) is 0 Å². The van der Waals surface area contributed by atoms with Crippen LogP contribution in [0.25, 0.3) is 5.41 Å². The summed E-state index contributed by atoms with van der Waals surface area (Å²) in [7, 11) is 0. The van der Waals surface area contributed by atoms with Gasteiger partial charge in [-0.15, -0.1) is 6.61 Å². The number of rotatable bonds is 1. The molecule has 0 rings (SSSR count). The SMILES string of the molecule is [3H]C(=[N-])C[O-].[Mn]. The van der Waals surface area contributed by atoms with Crippen LogP contribution >= 0.6 is 0 Å². The Labute approximate surface area is 42.6 Å². The van der Waals surface area contributed by atoms with Crippen molar-refractivity contribution in [3.05, 3.63) is 5.41 Å². The molecule has 0 aliphatic carbocycles. The molecule has 0 aromatic carbocycles. The fraction of sp³-hybridized carbons (Fsp3) is 0.500. The molecule has 0 aromatic rings. The molecule has 5 heavy (non-hydrogen) atoms. The van der Waals surface area contributed by atoms with Gasteiger partial charge in [-0.3, -0.25) is 0 Å². The minimum atomic E-state index is -0.806. The minimum Gasteiger partial charge on any atom is -0.853 e. The molecule has 0 spiro atoms. The normalized spacial score (nSPS) is 7.80. The molecule has 2 nitrogen and oxygen atoms in total. The first-order valence-corrected chi connectivity index (χ1v) is 0.866. The largest absolute Gasteiger partial charge is 0.853 e. The molecule has 3 heteroatoms. The summed E-state index contributed by atoms with van der Waals surface area (Å²) in [5.74, 6) is 0. The molecular formula is C2H3MnNO-2. The second-order valence-corrected chi connectivity index (χ2v) is 0.302. The quantitative estimate of drug-likeness (QED) is 0.318. The third kappa shape index (κ3) is 14.5. The van der Waals surface area contributed by atoms with E-state index >= 15 is 0 Å². The standard InChI is InChI=1S/C2H3NO.Mn/c3-1-2-4;/h1H,2H2;/q-2;/i1T;.